The van der Waals surface area contributed by atoms with Crippen LogP contribution in [0.4, 0.5) is 0 Å². The van der Waals surface area contributed by atoms with Crippen molar-refractivity contribution < 1.29 is 8.42 Å². The van der Waals surface area contributed by atoms with Crippen molar-refractivity contribution in [3.05, 3.63) is 35.4 Å². The number of aryl methyl sites for hydroxylation is 1. The molecule has 1 aromatic carbocycles. The average Bonchev–Trinajstić information content (AvgIpc) is 2.87. The van der Waals surface area contributed by atoms with Crippen LogP contribution in [0.1, 0.15) is 30.5 Å². The van der Waals surface area contributed by atoms with Gasteiger partial charge in [-0.05, 0) is 24.0 Å². The average molecular weight is 291 g/mol. The molecule has 0 amide bonds. The summed E-state index contributed by atoms with van der Waals surface area (Å²) in [5, 5.41) is 0. The fourth-order valence-corrected chi connectivity index (χ4v) is 3.58. The Labute approximate surface area is 121 Å². The summed E-state index contributed by atoms with van der Waals surface area (Å²) in [5.41, 5.74) is 2.66. The largest absolute Gasteiger partial charge is 0.284 e. The number of hydrogen-bond donors (Lipinski definition) is 0. The number of sulfone groups is 1. The topological polar surface area (TPSA) is 37.4 Å². The number of hydrogen-bond acceptors (Lipinski definition) is 3. The van der Waals surface area contributed by atoms with E-state index >= 15 is 0 Å². The smallest absolute Gasteiger partial charge is 0.151 e. The summed E-state index contributed by atoms with van der Waals surface area (Å²) < 4.78 is 23.4. The number of benzene rings is 1. The number of fused-ring (bicyclic) bond motifs is 1. The first-order valence-electron chi connectivity index (χ1n) is 7.03. The van der Waals surface area contributed by atoms with Crippen LogP contribution < -0.4 is 0 Å². The van der Waals surface area contributed by atoms with Crippen LogP contribution in [0.2, 0.25) is 0 Å². The van der Waals surface area contributed by atoms with Gasteiger partial charge in [0.05, 0.1) is 12.3 Å². The lowest BCUT2D eigenvalue weighted by Crippen LogP contribution is -2.33. The molecular formula is C16H21NO2S. The van der Waals surface area contributed by atoms with Crippen molar-refractivity contribution in [1.82, 2.24) is 4.90 Å². The molecule has 0 saturated heterocycles. The zero-order valence-corrected chi connectivity index (χ0v) is 12.7. The Balaban J connectivity index is 2.13. The molecule has 0 bridgehead atoms. The summed E-state index contributed by atoms with van der Waals surface area (Å²) in [5.74, 6) is 3.04. The Hall–Kier alpha value is -1.31. The van der Waals surface area contributed by atoms with E-state index in [4.69, 9.17) is 6.42 Å². The molecule has 2 rings (SSSR count). The SMILES string of the molecule is C#CCN(CCS(=O)(=O)CC)[C@H]1CCc2ccccc21. The van der Waals surface area contributed by atoms with Gasteiger partial charge in [-0.15, -0.1) is 6.42 Å². The maximum Gasteiger partial charge on any atom is 0.151 e. The molecule has 0 unspecified atom stereocenters. The fraction of sp³-hybridized carbons (Fsp3) is 0.500. The summed E-state index contributed by atoms with van der Waals surface area (Å²) in [6, 6.07) is 8.62. The van der Waals surface area contributed by atoms with Crippen LogP contribution in [0.5, 0.6) is 0 Å². The van der Waals surface area contributed by atoms with Gasteiger partial charge >= 0.3 is 0 Å². The zero-order valence-electron chi connectivity index (χ0n) is 11.9. The van der Waals surface area contributed by atoms with Crippen molar-refractivity contribution in [2.75, 3.05) is 24.6 Å². The van der Waals surface area contributed by atoms with Crippen LogP contribution in [-0.2, 0) is 16.3 Å². The molecule has 4 heteroatoms. The third-order valence-corrected chi connectivity index (χ3v) is 5.65. The van der Waals surface area contributed by atoms with Crippen LogP contribution in [0.25, 0.3) is 0 Å². The minimum Gasteiger partial charge on any atom is -0.284 e. The van der Waals surface area contributed by atoms with Crippen molar-refractivity contribution >= 4 is 9.84 Å². The first kappa shape index (κ1) is 15.1. The van der Waals surface area contributed by atoms with E-state index in [-0.39, 0.29) is 17.5 Å². The van der Waals surface area contributed by atoms with E-state index < -0.39 is 9.84 Å². The Bertz CT molecular complexity index is 601. The van der Waals surface area contributed by atoms with Gasteiger partial charge in [-0.1, -0.05) is 37.1 Å². The lowest BCUT2D eigenvalue weighted by Gasteiger charge is -2.27. The molecule has 0 aromatic heterocycles. The van der Waals surface area contributed by atoms with E-state index in [2.05, 4.69) is 23.0 Å². The maximum atomic E-state index is 11.7. The lowest BCUT2D eigenvalue weighted by atomic mass is 10.1. The molecule has 0 aliphatic heterocycles. The molecule has 1 aliphatic rings. The van der Waals surface area contributed by atoms with Gasteiger partial charge in [0.25, 0.3) is 0 Å². The van der Waals surface area contributed by atoms with Crippen molar-refractivity contribution in [2.24, 2.45) is 0 Å². The summed E-state index contributed by atoms with van der Waals surface area (Å²) in [6.07, 6.45) is 7.51. The first-order valence-corrected chi connectivity index (χ1v) is 8.85. The third-order valence-electron chi connectivity index (χ3n) is 3.97. The third kappa shape index (κ3) is 3.41. The van der Waals surface area contributed by atoms with Gasteiger partial charge in [0.15, 0.2) is 9.84 Å². The highest BCUT2D eigenvalue weighted by Crippen LogP contribution is 2.35. The highest BCUT2D eigenvalue weighted by atomic mass is 32.2. The monoisotopic (exact) mass is 291 g/mol. The van der Waals surface area contributed by atoms with Crippen LogP contribution in [0.15, 0.2) is 24.3 Å². The highest BCUT2D eigenvalue weighted by Gasteiger charge is 2.27. The van der Waals surface area contributed by atoms with Gasteiger partial charge in [-0.25, -0.2) is 8.42 Å². The molecule has 0 radical (unpaired) electrons. The Morgan fingerprint density at radius 3 is 2.85 bits per heavy atom. The molecule has 0 N–H and O–H groups in total. The van der Waals surface area contributed by atoms with Crippen LogP contribution in [0, 0.1) is 12.3 Å². The molecule has 108 valence electrons. The fourth-order valence-electron chi connectivity index (χ4n) is 2.78. The first-order chi connectivity index (χ1) is 9.57. The van der Waals surface area contributed by atoms with Gasteiger partial charge in [0.2, 0.25) is 0 Å². The Kier molecular flexibility index (Phi) is 4.85. The van der Waals surface area contributed by atoms with E-state index in [1.165, 1.54) is 11.1 Å². The van der Waals surface area contributed by atoms with Crippen LogP contribution in [0.3, 0.4) is 0 Å². The van der Waals surface area contributed by atoms with Gasteiger partial charge < -0.3 is 0 Å². The molecule has 0 heterocycles. The normalized spacial score (nSPS) is 17.9. The molecule has 1 aromatic rings. The minimum absolute atomic E-state index is 0.184. The molecule has 0 spiro atoms. The predicted molar refractivity (Wildman–Crippen MR) is 82.2 cm³/mol. The molecule has 3 nitrogen and oxygen atoms in total. The molecule has 0 fully saturated rings. The van der Waals surface area contributed by atoms with Crippen LogP contribution in [-0.4, -0.2) is 37.9 Å². The molecular weight excluding hydrogens is 270 g/mol. The van der Waals surface area contributed by atoms with Crippen molar-refractivity contribution in [1.29, 1.82) is 0 Å². The zero-order chi connectivity index (χ0) is 14.6. The summed E-state index contributed by atoms with van der Waals surface area (Å²) in [6.45, 7) is 2.70. The van der Waals surface area contributed by atoms with Crippen molar-refractivity contribution in [3.63, 3.8) is 0 Å². The van der Waals surface area contributed by atoms with Gasteiger partial charge in [0.1, 0.15) is 0 Å². The molecule has 1 atom stereocenters. The van der Waals surface area contributed by atoms with E-state index in [0.717, 1.165) is 12.8 Å². The van der Waals surface area contributed by atoms with Crippen molar-refractivity contribution in [3.8, 4) is 12.3 Å². The quantitative estimate of drug-likeness (QED) is 0.753. The molecule has 1 aliphatic carbocycles. The van der Waals surface area contributed by atoms with Gasteiger partial charge in [-0.2, -0.15) is 0 Å². The number of terminal acetylenes is 1. The van der Waals surface area contributed by atoms with E-state index in [9.17, 15) is 8.42 Å². The number of rotatable bonds is 6. The van der Waals surface area contributed by atoms with Crippen LogP contribution >= 0.6 is 0 Å². The van der Waals surface area contributed by atoms with Gasteiger partial charge in [0, 0.05) is 18.3 Å². The second-order valence-corrected chi connectivity index (χ2v) is 7.64. The lowest BCUT2D eigenvalue weighted by molar-refractivity contribution is 0.235. The minimum atomic E-state index is -2.95. The second kappa shape index (κ2) is 6.43. The van der Waals surface area contributed by atoms with Crippen molar-refractivity contribution in [2.45, 2.75) is 25.8 Å². The molecule has 20 heavy (non-hydrogen) atoms. The second-order valence-electron chi connectivity index (χ2n) is 5.16. The summed E-state index contributed by atoms with van der Waals surface area (Å²) >= 11 is 0. The Morgan fingerprint density at radius 1 is 1.40 bits per heavy atom. The highest BCUT2D eigenvalue weighted by molar-refractivity contribution is 7.91. The standard InChI is InChI=1S/C16H21NO2S/c1-3-11-17(12-13-20(18,19)4-2)16-10-9-14-7-5-6-8-15(14)16/h1,5-8,16H,4,9-13H2,2H3/t16-/m0/s1. The summed E-state index contributed by atoms with van der Waals surface area (Å²) in [7, 11) is -2.95. The maximum absolute atomic E-state index is 11.7. The van der Waals surface area contributed by atoms with E-state index in [1.54, 1.807) is 6.92 Å². The predicted octanol–water partition coefficient (Wildman–Crippen LogP) is 2.04. The van der Waals surface area contributed by atoms with E-state index in [0.29, 0.717) is 13.1 Å². The molecule has 0 saturated carbocycles. The number of nitrogens with zero attached hydrogens (tertiary/aromatic N) is 1. The Morgan fingerprint density at radius 2 is 2.15 bits per heavy atom. The van der Waals surface area contributed by atoms with E-state index in [1.807, 2.05) is 12.1 Å². The van der Waals surface area contributed by atoms with Gasteiger partial charge in [-0.3, -0.25) is 4.90 Å². The summed E-state index contributed by atoms with van der Waals surface area (Å²) in [4.78, 5) is 2.12.